The summed E-state index contributed by atoms with van der Waals surface area (Å²) >= 11 is 0. The van der Waals surface area contributed by atoms with Gasteiger partial charge in [-0.15, -0.1) is 0 Å². The number of benzene rings is 1. The van der Waals surface area contributed by atoms with Crippen LogP contribution in [0, 0.1) is 6.92 Å². The van der Waals surface area contributed by atoms with Crippen LogP contribution < -0.4 is 11.3 Å². The van der Waals surface area contributed by atoms with Crippen molar-refractivity contribution in [2.45, 2.75) is 25.6 Å². The number of nitrogens with two attached hydrogens (primary N) is 1. The molecule has 0 aliphatic heterocycles. The third-order valence-corrected chi connectivity index (χ3v) is 4.59. The molecule has 2 aromatic rings. The number of anilines is 1. The van der Waals surface area contributed by atoms with Gasteiger partial charge in [0, 0.05) is 46.8 Å². The van der Waals surface area contributed by atoms with Crippen LogP contribution in [0.1, 0.15) is 17.5 Å². The minimum Gasteiger partial charge on any atom is -0.398 e. The van der Waals surface area contributed by atoms with Crippen molar-refractivity contribution >= 4 is 16.5 Å². The monoisotopic (exact) mass is 304 g/mol. The first-order valence-electron chi connectivity index (χ1n) is 6.91. The number of hydrogen-bond acceptors (Lipinski definition) is 3. The van der Waals surface area contributed by atoms with Crippen molar-refractivity contribution in [2.75, 3.05) is 11.5 Å². The molecule has 1 atom stereocenters. The van der Waals surface area contributed by atoms with Crippen molar-refractivity contribution in [3.8, 4) is 0 Å². The molecule has 1 heterocycles. The molecule has 0 aliphatic rings. The molecule has 0 aliphatic carbocycles. The summed E-state index contributed by atoms with van der Waals surface area (Å²) in [7, 11) is -0.912. The first-order chi connectivity index (χ1) is 10.0. The van der Waals surface area contributed by atoms with E-state index in [1.165, 1.54) is 11.6 Å². The summed E-state index contributed by atoms with van der Waals surface area (Å²) in [6.07, 6.45) is 2.33. The minimum absolute atomic E-state index is 0.0753. The van der Waals surface area contributed by atoms with Gasteiger partial charge in [-0.05, 0) is 25.0 Å². The Morgan fingerprint density at radius 3 is 2.81 bits per heavy atom. The molecule has 0 bridgehead atoms. The Bertz CT molecular complexity index is 695. The molecule has 112 valence electrons. The molecule has 0 amide bonds. The van der Waals surface area contributed by atoms with Gasteiger partial charge in [-0.2, -0.15) is 0 Å². The zero-order valence-electron chi connectivity index (χ0n) is 12.1. The summed E-state index contributed by atoms with van der Waals surface area (Å²) < 4.78 is 13.6. The number of hydrogen-bond donors (Lipinski definition) is 1. The number of rotatable bonds is 6. The van der Waals surface area contributed by atoms with Crippen LogP contribution in [0.2, 0.25) is 0 Å². The lowest BCUT2D eigenvalue weighted by Crippen LogP contribution is -2.20. The number of nitrogen functional groups attached to an aromatic ring is 1. The van der Waals surface area contributed by atoms with E-state index < -0.39 is 10.8 Å². The molecule has 2 N–H and O–H groups in total. The highest BCUT2D eigenvalue weighted by molar-refractivity contribution is 7.84. The standard InChI is InChI=1S/C16H20N2O2S/c1-13-4-2-5-14(10-13)12-21(20)9-3-8-18-11-15(17)6-7-16(18)19/h2,4-7,10-11H,3,8-9,12,17H2,1H3. The quantitative estimate of drug-likeness (QED) is 0.888. The fourth-order valence-corrected chi connectivity index (χ4v) is 3.33. The lowest BCUT2D eigenvalue weighted by Gasteiger charge is -2.07. The highest BCUT2D eigenvalue weighted by atomic mass is 32.2. The SMILES string of the molecule is Cc1cccc(CS(=O)CCCn2cc(N)ccc2=O)c1. The van der Waals surface area contributed by atoms with Crippen LogP contribution >= 0.6 is 0 Å². The summed E-state index contributed by atoms with van der Waals surface area (Å²) in [5.41, 5.74) is 8.41. The Morgan fingerprint density at radius 1 is 1.24 bits per heavy atom. The predicted molar refractivity (Wildman–Crippen MR) is 87.6 cm³/mol. The number of aromatic nitrogens is 1. The minimum atomic E-state index is -0.912. The molecule has 0 fully saturated rings. The smallest absolute Gasteiger partial charge is 0.250 e. The summed E-state index contributed by atoms with van der Waals surface area (Å²) in [6, 6.07) is 11.1. The lowest BCUT2D eigenvalue weighted by atomic mass is 10.2. The Balaban J connectivity index is 1.84. The van der Waals surface area contributed by atoms with E-state index in [0.717, 1.165) is 5.56 Å². The second-order valence-corrected chi connectivity index (χ2v) is 6.70. The third kappa shape index (κ3) is 4.86. The van der Waals surface area contributed by atoms with Crippen LogP contribution in [0.15, 0.2) is 47.4 Å². The van der Waals surface area contributed by atoms with Gasteiger partial charge in [0.15, 0.2) is 0 Å². The molecule has 0 radical (unpaired) electrons. The Kier molecular flexibility index (Phi) is 5.33. The van der Waals surface area contributed by atoms with Crippen LogP contribution in [0.25, 0.3) is 0 Å². The van der Waals surface area contributed by atoms with Crippen molar-refractivity contribution < 1.29 is 4.21 Å². The predicted octanol–water partition coefficient (Wildman–Crippen LogP) is 2.08. The molecule has 2 rings (SSSR count). The van der Waals surface area contributed by atoms with E-state index >= 15 is 0 Å². The van der Waals surface area contributed by atoms with Crippen LogP contribution in [-0.4, -0.2) is 14.5 Å². The van der Waals surface area contributed by atoms with Gasteiger partial charge >= 0.3 is 0 Å². The summed E-state index contributed by atoms with van der Waals surface area (Å²) in [5, 5.41) is 0. The fraction of sp³-hybridized carbons (Fsp3) is 0.312. The van der Waals surface area contributed by atoms with Crippen molar-refractivity contribution in [1.82, 2.24) is 4.57 Å². The second kappa shape index (κ2) is 7.22. The first kappa shape index (κ1) is 15.5. The van der Waals surface area contributed by atoms with E-state index in [9.17, 15) is 9.00 Å². The first-order valence-corrected chi connectivity index (χ1v) is 8.40. The van der Waals surface area contributed by atoms with E-state index in [1.54, 1.807) is 16.8 Å². The van der Waals surface area contributed by atoms with Gasteiger partial charge in [-0.1, -0.05) is 29.8 Å². The summed E-state index contributed by atoms with van der Waals surface area (Å²) in [5.74, 6) is 1.14. The van der Waals surface area contributed by atoms with E-state index in [0.29, 0.717) is 30.2 Å². The van der Waals surface area contributed by atoms with E-state index in [-0.39, 0.29) is 5.56 Å². The normalized spacial score (nSPS) is 12.2. The molecule has 1 aromatic heterocycles. The van der Waals surface area contributed by atoms with Gasteiger partial charge < -0.3 is 10.3 Å². The fourth-order valence-electron chi connectivity index (χ4n) is 2.18. The van der Waals surface area contributed by atoms with Crippen LogP contribution in [-0.2, 0) is 23.1 Å². The number of nitrogens with zero attached hydrogens (tertiary/aromatic N) is 1. The molecule has 0 spiro atoms. The van der Waals surface area contributed by atoms with E-state index in [2.05, 4.69) is 6.07 Å². The van der Waals surface area contributed by atoms with Gasteiger partial charge in [0.2, 0.25) is 0 Å². The average molecular weight is 304 g/mol. The lowest BCUT2D eigenvalue weighted by molar-refractivity contribution is 0.644. The zero-order valence-corrected chi connectivity index (χ0v) is 12.9. The zero-order chi connectivity index (χ0) is 15.2. The maximum absolute atomic E-state index is 12.1. The van der Waals surface area contributed by atoms with Crippen LogP contribution in [0.3, 0.4) is 0 Å². The second-order valence-electron chi connectivity index (χ2n) is 5.12. The molecule has 1 unspecified atom stereocenters. The molecule has 4 nitrogen and oxygen atoms in total. The third-order valence-electron chi connectivity index (χ3n) is 3.19. The van der Waals surface area contributed by atoms with Crippen molar-refractivity contribution in [3.05, 3.63) is 64.1 Å². The van der Waals surface area contributed by atoms with E-state index in [4.69, 9.17) is 5.73 Å². The Hall–Kier alpha value is -1.88. The average Bonchev–Trinajstić information content (AvgIpc) is 2.42. The Morgan fingerprint density at radius 2 is 2.05 bits per heavy atom. The van der Waals surface area contributed by atoms with Crippen molar-refractivity contribution in [1.29, 1.82) is 0 Å². The van der Waals surface area contributed by atoms with Crippen molar-refractivity contribution in [3.63, 3.8) is 0 Å². The van der Waals surface area contributed by atoms with Gasteiger partial charge in [-0.25, -0.2) is 0 Å². The van der Waals surface area contributed by atoms with Crippen LogP contribution in [0.5, 0.6) is 0 Å². The molecule has 5 heteroatoms. The van der Waals surface area contributed by atoms with Gasteiger partial charge in [-0.3, -0.25) is 9.00 Å². The largest absolute Gasteiger partial charge is 0.398 e. The molecular formula is C16H20N2O2S. The number of pyridine rings is 1. The maximum Gasteiger partial charge on any atom is 0.250 e. The van der Waals surface area contributed by atoms with Gasteiger partial charge in [0.25, 0.3) is 5.56 Å². The van der Waals surface area contributed by atoms with Crippen molar-refractivity contribution in [2.24, 2.45) is 0 Å². The molecule has 21 heavy (non-hydrogen) atoms. The highest BCUT2D eigenvalue weighted by Crippen LogP contribution is 2.07. The summed E-state index contributed by atoms with van der Waals surface area (Å²) in [6.45, 7) is 2.57. The molecule has 0 saturated heterocycles. The maximum atomic E-state index is 12.1. The summed E-state index contributed by atoms with van der Waals surface area (Å²) in [4.78, 5) is 11.6. The Labute approximate surface area is 127 Å². The highest BCUT2D eigenvalue weighted by Gasteiger charge is 2.03. The van der Waals surface area contributed by atoms with E-state index in [1.807, 2.05) is 25.1 Å². The number of aryl methyl sites for hydroxylation is 2. The molecular weight excluding hydrogens is 284 g/mol. The van der Waals surface area contributed by atoms with Gasteiger partial charge in [0.1, 0.15) is 0 Å². The van der Waals surface area contributed by atoms with Gasteiger partial charge in [0.05, 0.1) is 0 Å². The molecule has 1 aromatic carbocycles. The topological polar surface area (TPSA) is 65.1 Å². The van der Waals surface area contributed by atoms with Crippen LogP contribution in [0.4, 0.5) is 5.69 Å². The molecule has 0 saturated carbocycles.